The number of carbonyl (C=O) groups is 2. The van der Waals surface area contributed by atoms with Crippen LogP contribution >= 0.6 is 11.6 Å². The van der Waals surface area contributed by atoms with E-state index in [1.807, 2.05) is 0 Å². The largest absolute Gasteiger partial charge is 0.401 e. The number of fused-ring (bicyclic) bond motifs is 1. The van der Waals surface area contributed by atoms with Gasteiger partial charge >= 0.3 is 0 Å². The zero-order valence-electron chi connectivity index (χ0n) is 19.3. The molecule has 1 heterocycles. The van der Waals surface area contributed by atoms with Crippen LogP contribution in [0.5, 0.6) is 0 Å². The average Bonchev–Trinajstić information content (AvgIpc) is 3.30. The topological polar surface area (TPSA) is 126 Å². The highest BCUT2D eigenvalue weighted by atomic mass is 35.5. The fourth-order valence-electron chi connectivity index (χ4n) is 5.76. The molecule has 0 spiro atoms. The fourth-order valence-corrected chi connectivity index (χ4v) is 5.94. The molecule has 1 saturated heterocycles. The molecule has 0 aromatic heterocycles. The molecule has 1 aliphatic heterocycles. The predicted octanol–water partition coefficient (Wildman–Crippen LogP) is 2.24. The van der Waals surface area contributed by atoms with Gasteiger partial charge in [-0.25, -0.2) is 4.39 Å². The molecule has 3 fully saturated rings. The van der Waals surface area contributed by atoms with E-state index in [1.165, 1.54) is 25.2 Å². The van der Waals surface area contributed by atoms with Crippen LogP contribution in [0.15, 0.2) is 34.5 Å². The van der Waals surface area contributed by atoms with Crippen LogP contribution in [0.1, 0.15) is 32.1 Å². The van der Waals surface area contributed by atoms with Gasteiger partial charge in [-0.05, 0) is 68.1 Å². The van der Waals surface area contributed by atoms with Crippen LogP contribution in [0.25, 0.3) is 0 Å². The van der Waals surface area contributed by atoms with Crippen molar-refractivity contribution in [1.82, 2.24) is 10.2 Å². The standard InChI is InChI=1S/C24H32ClFN6O2/c1-29-23(28)21(24(34)31-16-3-4-19(26)18(25)11-16)22(27)15-7-13-9-17(10-14(13)8-15)32-6-2-5-30-20(33)12-32/h3-4,11,13-15,17H,2,5-10,12,27H2,1H3,(H2,28,29)(H,30,33)(H,31,34)/b22-21+. The summed E-state index contributed by atoms with van der Waals surface area (Å²) in [6.07, 6.45) is 4.80. The Morgan fingerprint density at radius 1 is 1.24 bits per heavy atom. The maximum absolute atomic E-state index is 13.5. The summed E-state index contributed by atoms with van der Waals surface area (Å²) < 4.78 is 13.5. The van der Waals surface area contributed by atoms with Crippen molar-refractivity contribution in [1.29, 1.82) is 0 Å². The monoisotopic (exact) mass is 490 g/mol. The zero-order chi connectivity index (χ0) is 24.4. The highest BCUT2D eigenvalue weighted by Crippen LogP contribution is 2.50. The quantitative estimate of drug-likeness (QED) is 0.286. The van der Waals surface area contributed by atoms with Crippen LogP contribution in [0.4, 0.5) is 10.1 Å². The summed E-state index contributed by atoms with van der Waals surface area (Å²) in [4.78, 5) is 31.4. The van der Waals surface area contributed by atoms with Crippen LogP contribution in [0.2, 0.25) is 5.02 Å². The minimum Gasteiger partial charge on any atom is -0.401 e. The molecule has 3 aliphatic rings. The lowest BCUT2D eigenvalue weighted by Crippen LogP contribution is -2.39. The molecule has 2 atom stereocenters. The second-order valence-corrected chi connectivity index (χ2v) is 9.92. The lowest BCUT2D eigenvalue weighted by atomic mass is 9.94. The summed E-state index contributed by atoms with van der Waals surface area (Å²) in [5, 5.41) is 5.56. The SMILES string of the molecule is CN=C(N)/C(C(=O)Nc1ccc(F)c(Cl)c1)=C(\N)C1CC2CC(N3CCCNC(=O)C3)CC2C1. The van der Waals surface area contributed by atoms with Crippen LogP contribution in [0.3, 0.4) is 0 Å². The summed E-state index contributed by atoms with van der Waals surface area (Å²) in [5.41, 5.74) is 13.6. The number of amides is 2. The second-order valence-electron chi connectivity index (χ2n) is 9.51. The molecule has 10 heteroatoms. The third-order valence-electron chi connectivity index (χ3n) is 7.43. The summed E-state index contributed by atoms with van der Waals surface area (Å²) in [6, 6.07) is 4.36. The van der Waals surface area contributed by atoms with Gasteiger partial charge in [0.25, 0.3) is 5.91 Å². The summed E-state index contributed by atoms with van der Waals surface area (Å²) >= 11 is 5.84. The first-order valence-electron chi connectivity index (χ1n) is 11.8. The van der Waals surface area contributed by atoms with Gasteiger partial charge in [0.05, 0.1) is 11.6 Å². The van der Waals surface area contributed by atoms with E-state index in [9.17, 15) is 14.0 Å². The van der Waals surface area contributed by atoms with Crippen molar-refractivity contribution >= 4 is 34.9 Å². The number of allylic oxidation sites excluding steroid dienone is 1. The zero-order valence-corrected chi connectivity index (χ0v) is 20.1. The van der Waals surface area contributed by atoms with Gasteiger partial charge in [0, 0.05) is 37.6 Å². The Hall–Kier alpha value is -2.65. The van der Waals surface area contributed by atoms with E-state index >= 15 is 0 Å². The van der Waals surface area contributed by atoms with Crippen LogP contribution < -0.4 is 22.1 Å². The molecule has 8 nitrogen and oxygen atoms in total. The van der Waals surface area contributed by atoms with Gasteiger partial charge in [0.2, 0.25) is 5.91 Å². The van der Waals surface area contributed by atoms with Crippen molar-refractivity contribution < 1.29 is 14.0 Å². The normalized spacial score (nSPS) is 28.7. The number of nitrogens with two attached hydrogens (primary N) is 2. The molecule has 0 bridgehead atoms. The molecule has 1 aromatic rings. The lowest BCUT2D eigenvalue weighted by molar-refractivity contribution is -0.122. The molecule has 6 N–H and O–H groups in total. The van der Waals surface area contributed by atoms with Crippen LogP contribution in [0, 0.1) is 23.6 Å². The van der Waals surface area contributed by atoms with Crippen molar-refractivity contribution in [3.05, 3.63) is 40.3 Å². The first-order valence-corrected chi connectivity index (χ1v) is 12.1. The Bertz CT molecular complexity index is 1010. The van der Waals surface area contributed by atoms with Gasteiger partial charge in [-0.1, -0.05) is 11.6 Å². The Morgan fingerprint density at radius 3 is 2.59 bits per heavy atom. The Balaban J connectivity index is 1.46. The van der Waals surface area contributed by atoms with E-state index in [1.54, 1.807) is 0 Å². The number of benzene rings is 1. The molecular formula is C24H32ClFN6O2. The average molecular weight is 491 g/mol. The summed E-state index contributed by atoms with van der Waals surface area (Å²) in [7, 11) is 1.51. The Kier molecular flexibility index (Phi) is 7.42. The Morgan fingerprint density at radius 2 is 1.94 bits per heavy atom. The fraction of sp³-hybridized carbons (Fsp3) is 0.542. The van der Waals surface area contributed by atoms with E-state index in [2.05, 4.69) is 20.5 Å². The van der Waals surface area contributed by atoms with Crippen LogP contribution in [-0.4, -0.2) is 55.3 Å². The first kappa shape index (κ1) is 24.5. The number of nitrogens with zero attached hydrogens (tertiary/aromatic N) is 2. The maximum Gasteiger partial charge on any atom is 0.261 e. The number of carbonyl (C=O) groups excluding carboxylic acids is 2. The van der Waals surface area contributed by atoms with E-state index in [-0.39, 0.29) is 28.3 Å². The molecule has 2 saturated carbocycles. The highest BCUT2D eigenvalue weighted by molar-refractivity contribution is 6.31. The van der Waals surface area contributed by atoms with Crippen molar-refractivity contribution in [2.45, 2.75) is 38.1 Å². The van der Waals surface area contributed by atoms with E-state index in [0.29, 0.717) is 35.8 Å². The van der Waals surface area contributed by atoms with Gasteiger partial charge in [0.15, 0.2) is 0 Å². The van der Waals surface area contributed by atoms with Crippen molar-refractivity contribution in [3.63, 3.8) is 0 Å². The number of halogens is 2. The smallest absolute Gasteiger partial charge is 0.261 e. The highest BCUT2D eigenvalue weighted by Gasteiger charge is 2.45. The number of hydrogen-bond donors (Lipinski definition) is 4. The number of hydrogen-bond acceptors (Lipinski definition) is 5. The van der Waals surface area contributed by atoms with Crippen molar-refractivity contribution in [3.8, 4) is 0 Å². The Labute approximate surface area is 204 Å². The molecule has 0 radical (unpaired) electrons. The van der Waals surface area contributed by atoms with E-state index in [4.69, 9.17) is 23.1 Å². The molecule has 2 aliphatic carbocycles. The van der Waals surface area contributed by atoms with Gasteiger partial charge in [0.1, 0.15) is 17.2 Å². The molecule has 184 valence electrons. The number of rotatable bonds is 5. The van der Waals surface area contributed by atoms with Crippen LogP contribution in [-0.2, 0) is 9.59 Å². The number of aliphatic imine (C=N–C) groups is 1. The van der Waals surface area contributed by atoms with Gasteiger partial charge in [-0.15, -0.1) is 0 Å². The summed E-state index contributed by atoms with van der Waals surface area (Å²) in [6.45, 7) is 2.15. The lowest BCUT2D eigenvalue weighted by Gasteiger charge is -2.27. The third-order valence-corrected chi connectivity index (χ3v) is 7.72. The van der Waals surface area contributed by atoms with Gasteiger partial charge < -0.3 is 22.1 Å². The minimum atomic E-state index is -0.568. The summed E-state index contributed by atoms with van der Waals surface area (Å²) in [5.74, 6) is 0.136. The molecule has 2 unspecified atom stereocenters. The maximum atomic E-state index is 13.5. The van der Waals surface area contributed by atoms with Gasteiger partial charge in [-0.2, -0.15) is 0 Å². The minimum absolute atomic E-state index is 0.0289. The van der Waals surface area contributed by atoms with E-state index < -0.39 is 11.7 Å². The van der Waals surface area contributed by atoms with Crippen molar-refractivity contribution in [2.75, 3.05) is 32.0 Å². The molecule has 2 amide bonds. The second kappa shape index (κ2) is 10.3. The van der Waals surface area contributed by atoms with Gasteiger partial charge in [-0.3, -0.25) is 19.5 Å². The number of amidine groups is 1. The molecular weight excluding hydrogens is 459 g/mol. The number of nitrogens with one attached hydrogen (secondary N) is 2. The molecule has 1 aromatic carbocycles. The molecule has 4 rings (SSSR count). The first-order chi connectivity index (χ1) is 16.3. The predicted molar refractivity (Wildman–Crippen MR) is 131 cm³/mol. The van der Waals surface area contributed by atoms with E-state index in [0.717, 1.165) is 45.2 Å². The molecule has 34 heavy (non-hydrogen) atoms. The third kappa shape index (κ3) is 5.20. The number of anilines is 1. The van der Waals surface area contributed by atoms with Crippen molar-refractivity contribution in [2.24, 2.45) is 34.2 Å².